The minimum Gasteiger partial charge on any atom is -0.368 e. The molecule has 17 heavy (non-hydrogen) atoms. The topological polar surface area (TPSA) is 90.9 Å². The maximum absolute atomic E-state index is 12.1. The summed E-state index contributed by atoms with van der Waals surface area (Å²) in [5, 5.41) is 6.36. The summed E-state index contributed by atoms with van der Waals surface area (Å²) in [5.74, 6) is -2.87. The first-order chi connectivity index (χ1) is 7.77. The van der Waals surface area contributed by atoms with Crippen molar-refractivity contribution in [2.45, 2.75) is 25.6 Å². The molecule has 6 nitrogen and oxygen atoms in total. The average Bonchev–Trinajstić information content (AvgIpc) is 2.64. The van der Waals surface area contributed by atoms with Crippen LogP contribution in [0.1, 0.15) is 29.9 Å². The molecule has 0 aromatic carbocycles. The number of carbonyl (C=O) groups excluding carboxylic acids is 2. The van der Waals surface area contributed by atoms with Crippen molar-refractivity contribution in [3.63, 3.8) is 0 Å². The van der Waals surface area contributed by atoms with Crippen molar-refractivity contribution in [2.75, 3.05) is 0 Å². The smallest absolute Gasteiger partial charge is 0.368 e. The lowest BCUT2D eigenvalue weighted by atomic mass is 10.2. The van der Waals surface area contributed by atoms with Crippen LogP contribution in [-0.4, -0.2) is 32.9 Å². The molecule has 0 spiro atoms. The van der Waals surface area contributed by atoms with Crippen LogP contribution in [0.25, 0.3) is 0 Å². The predicted octanol–water partition coefficient (Wildman–Crippen LogP) is 0.459. The van der Waals surface area contributed by atoms with E-state index < -0.39 is 29.6 Å². The number of ketones is 1. The SMILES string of the molecule is CCC(C(N)=O)n1cc(C(=O)C(F)(F)F)nn1. The molecule has 0 saturated heterocycles. The second-order valence-corrected chi connectivity index (χ2v) is 3.24. The monoisotopic (exact) mass is 250 g/mol. The standard InChI is InChI=1S/C8H9F3N4O2/c1-2-5(7(12)17)15-3-4(13-14-15)6(16)8(9,10)11/h3,5H,2H2,1H3,(H2,12,17). The van der Waals surface area contributed by atoms with Crippen molar-refractivity contribution in [3.8, 4) is 0 Å². The molecule has 1 atom stereocenters. The third-order valence-corrected chi connectivity index (χ3v) is 2.03. The second kappa shape index (κ2) is 4.52. The molecule has 0 aliphatic carbocycles. The lowest BCUT2D eigenvalue weighted by molar-refractivity contribution is -0.121. The molecular weight excluding hydrogens is 241 g/mol. The summed E-state index contributed by atoms with van der Waals surface area (Å²) in [5.41, 5.74) is 4.15. The van der Waals surface area contributed by atoms with Gasteiger partial charge in [-0.15, -0.1) is 5.10 Å². The largest absolute Gasteiger partial charge is 0.456 e. The van der Waals surface area contributed by atoms with Crippen LogP contribution in [-0.2, 0) is 4.79 Å². The Morgan fingerprint density at radius 1 is 1.53 bits per heavy atom. The fraction of sp³-hybridized carbons (Fsp3) is 0.500. The van der Waals surface area contributed by atoms with Crippen molar-refractivity contribution >= 4 is 11.7 Å². The van der Waals surface area contributed by atoms with Crippen molar-refractivity contribution in [3.05, 3.63) is 11.9 Å². The van der Waals surface area contributed by atoms with Crippen LogP contribution in [0.5, 0.6) is 0 Å². The first-order valence-electron chi connectivity index (χ1n) is 4.60. The highest BCUT2D eigenvalue weighted by molar-refractivity contribution is 5.98. The Morgan fingerprint density at radius 3 is 2.53 bits per heavy atom. The van der Waals surface area contributed by atoms with Crippen molar-refractivity contribution < 1.29 is 22.8 Å². The van der Waals surface area contributed by atoms with Gasteiger partial charge in [-0.3, -0.25) is 9.59 Å². The lowest BCUT2D eigenvalue weighted by Crippen LogP contribution is -2.26. The number of hydrogen-bond acceptors (Lipinski definition) is 4. The Balaban J connectivity index is 3.00. The van der Waals surface area contributed by atoms with Gasteiger partial charge in [0.25, 0.3) is 5.78 Å². The van der Waals surface area contributed by atoms with Gasteiger partial charge < -0.3 is 5.73 Å². The van der Waals surface area contributed by atoms with Gasteiger partial charge in [-0.1, -0.05) is 12.1 Å². The van der Waals surface area contributed by atoms with Crippen LogP contribution < -0.4 is 5.73 Å². The molecular formula is C8H9F3N4O2. The molecule has 0 fully saturated rings. The highest BCUT2D eigenvalue weighted by Crippen LogP contribution is 2.20. The maximum atomic E-state index is 12.1. The Hall–Kier alpha value is -1.93. The summed E-state index contributed by atoms with van der Waals surface area (Å²) < 4.78 is 37.1. The van der Waals surface area contributed by atoms with Crippen LogP contribution in [0.15, 0.2) is 6.20 Å². The summed E-state index contributed by atoms with van der Waals surface area (Å²) >= 11 is 0. The summed E-state index contributed by atoms with van der Waals surface area (Å²) in [7, 11) is 0. The van der Waals surface area contributed by atoms with Gasteiger partial charge in [0.15, 0.2) is 5.69 Å². The number of Topliss-reactive ketones (excluding diaryl/α,β-unsaturated/α-hetero) is 1. The zero-order chi connectivity index (χ0) is 13.2. The summed E-state index contributed by atoms with van der Waals surface area (Å²) in [4.78, 5) is 21.7. The zero-order valence-corrected chi connectivity index (χ0v) is 8.73. The average molecular weight is 250 g/mol. The minimum absolute atomic E-state index is 0.234. The number of nitrogens with zero attached hydrogens (tertiary/aromatic N) is 3. The summed E-state index contributed by atoms with van der Waals surface area (Å²) in [6.45, 7) is 1.60. The number of carbonyl (C=O) groups is 2. The van der Waals surface area contributed by atoms with Crippen LogP contribution >= 0.6 is 0 Å². The van der Waals surface area contributed by atoms with E-state index >= 15 is 0 Å². The highest BCUT2D eigenvalue weighted by atomic mass is 19.4. The van der Waals surface area contributed by atoms with Crippen LogP contribution in [0.4, 0.5) is 13.2 Å². The van der Waals surface area contributed by atoms with Crippen molar-refractivity contribution in [1.82, 2.24) is 15.0 Å². The van der Waals surface area contributed by atoms with Gasteiger partial charge in [-0.2, -0.15) is 13.2 Å². The van der Waals surface area contributed by atoms with Gasteiger partial charge in [0, 0.05) is 0 Å². The Labute approximate surface area is 93.6 Å². The Morgan fingerprint density at radius 2 is 2.12 bits per heavy atom. The number of alkyl halides is 3. The number of hydrogen-bond donors (Lipinski definition) is 1. The van der Waals surface area contributed by atoms with Crippen LogP contribution in [0.2, 0.25) is 0 Å². The number of rotatable bonds is 4. The van der Waals surface area contributed by atoms with Gasteiger partial charge in [0.05, 0.1) is 6.20 Å². The molecule has 0 saturated carbocycles. The van der Waals surface area contributed by atoms with Gasteiger partial charge in [0.2, 0.25) is 5.91 Å². The van der Waals surface area contributed by atoms with Gasteiger partial charge >= 0.3 is 6.18 Å². The molecule has 94 valence electrons. The van der Waals surface area contributed by atoms with Crippen molar-refractivity contribution in [1.29, 1.82) is 0 Å². The number of primary amides is 1. The van der Waals surface area contributed by atoms with E-state index in [-0.39, 0.29) is 6.42 Å². The minimum atomic E-state index is -5.02. The Bertz CT molecular complexity index is 440. The first-order valence-corrected chi connectivity index (χ1v) is 4.60. The molecule has 0 aliphatic rings. The van der Waals surface area contributed by atoms with E-state index in [0.29, 0.717) is 0 Å². The number of nitrogens with two attached hydrogens (primary N) is 1. The molecule has 2 N–H and O–H groups in total. The van der Waals surface area contributed by atoms with E-state index in [0.717, 1.165) is 10.9 Å². The molecule has 1 amide bonds. The fourth-order valence-electron chi connectivity index (χ4n) is 1.20. The molecule has 9 heteroatoms. The molecule has 1 aromatic rings. The maximum Gasteiger partial charge on any atom is 0.456 e. The molecule has 1 aromatic heterocycles. The summed E-state index contributed by atoms with van der Waals surface area (Å²) in [6.07, 6.45) is -4.03. The molecule has 0 radical (unpaired) electrons. The molecule has 1 rings (SSSR count). The molecule has 1 unspecified atom stereocenters. The number of aromatic nitrogens is 3. The molecule has 1 heterocycles. The van der Waals surface area contributed by atoms with Gasteiger partial charge in [0.1, 0.15) is 6.04 Å². The summed E-state index contributed by atoms with van der Waals surface area (Å²) in [6, 6.07) is -0.919. The van der Waals surface area contributed by atoms with Crippen LogP contribution in [0, 0.1) is 0 Å². The Kier molecular flexibility index (Phi) is 3.49. The van der Waals surface area contributed by atoms with Crippen molar-refractivity contribution in [2.24, 2.45) is 5.73 Å². The van der Waals surface area contributed by atoms with Crippen LogP contribution in [0.3, 0.4) is 0 Å². The lowest BCUT2D eigenvalue weighted by Gasteiger charge is -2.09. The third kappa shape index (κ3) is 2.80. The van der Waals surface area contributed by atoms with E-state index in [9.17, 15) is 22.8 Å². The molecule has 0 aliphatic heterocycles. The van der Waals surface area contributed by atoms with Gasteiger partial charge in [-0.25, -0.2) is 4.68 Å². The first kappa shape index (κ1) is 13.1. The predicted molar refractivity (Wildman–Crippen MR) is 48.9 cm³/mol. The van der Waals surface area contributed by atoms with E-state index in [2.05, 4.69) is 10.3 Å². The van der Waals surface area contributed by atoms with Gasteiger partial charge in [-0.05, 0) is 6.42 Å². The highest BCUT2D eigenvalue weighted by Gasteiger charge is 2.41. The van der Waals surface area contributed by atoms with E-state index in [1.54, 1.807) is 6.92 Å². The number of halogens is 3. The van der Waals surface area contributed by atoms with E-state index in [1.807, 2.05) is 0 Å². The van der Waals surface area contributed by atoms with E-state index in [1.165, 1.54) is 0 Å². The second-order valence-electron chi connectivity index (χ2n) is 3.24. The fourth-order valence-corrected chi connectivity index (χ4v) is 1.20. The zero-order valence-electron chi connectivity index (χ0n) is 8.73. The molecule has 0 bridgehead atoms. The number of amides is 1. The third-order valence-electron chi connectivity index (χ3n) is 2.03. The normalized spacial score (nSPS) is 13.4. The quantitative estimate of drug-likeness (QED) is 0.786. The van der Waals surface area contributed by atoms with E-state index in [4.69, 9.17) is 5.73 Å².